The van der Waals surface area contributed by atoms with Crippen LogP contribution in [0.1, 0.15) is 56.1 Å². The van der Waals surface area contributed by atoms with Crippen molar-refractivity contribution in [2.75, 3.05) is 26.3 Å². The first kappa shape index (κ1) is 23.2. The van der Waals surface area contributed by atoms with Crippen LogP contribution in [0.2, 0.25) is 0 Å². The van der Waals surface area contributed by atoms with Gasteiger partial charge in [-0.25, -0.2) is 9.78 Å². The van der Waals surface area contributed by atoms with Crippen molar-refractivity contribution >= 4 is 28.9 Å². The van der Waals surface area contributed by atoms with Gasteiger partial charge in [-0.15, -0.1) is 0 Å². The van der Waals surface area contributed by atoms with Crippen LogP contribution in [-0.4, -0.2) is 66.1 Å². The van der Waals surface area contributed by atoms with Crippen molar-refractivity contribution in [3.8, 4) is 0 Å². The predicted molar refractivity (Wildman–Crippen MR) is 120 cm³/mol. The lowest BCUT2D eigenvalue weighted by Gasteiger charge is -2.31. The molecule has 1 aromatic carbocycles. The van der Waals surface area contributed by atoms with Crippen LogP contribution in [0.15, 0.2) is 28.7 Å². The Bertz CT molecular complexity index is 944. The maximum absolute atomic E-state index is 13.1. The zero-order valence-corrected chi connectivity index (χ0v) is 19.0. The average molecular weight is 458 g/mol. The minimum absolute atomic E-state index is 0.0600. The summed E-state index contributed by atoms with van der Waals surface area (Å²) in [5, 5.41) is 2.62. The highest BCUT2D eigenvalue weighted by atomic mass is 16.6. The second-order valence-corrected chi connectivity index (χ2v) is 8.67. The summed E-state index contributed by atoms with van der Waals surface area (Å²) >= 11 is 0. The molecule has 2 fully saturated rings. The van der Waals surface area contributed by atoms with E-state index in [1.807, 2.05) is 6.07 Å². The summed E-state index contributed by atoms with van der Waals surface area (Å²) in [6.45, 7) is 3.70. The van der Waals surface area contributed by atoms with E-state index < -0.39 is 24.0 Å². The van der Waals surface area contributed by atoms with Gasteiger partial charge < -0.3 is 24.1 Å². The molecule has 2 aromatic rings. The number of nitrogens with one attached hydrogen (secondary N) is 1. The number of Topliss-reactive ketones (excluding diaryl/α,β-unsaturated/α-hetero) is 1. The number of nitrogens with zero attached hydrogens (tertiary/aromatic N) is 2. The van der Waals surface area contributed by atoms with Crippen LogP contribution in [0.25, 0.3) is 11.1 Å². The van der Waals surface area contributed by atoms with E-state index in [-0.39, 0.29) is 11.8 Å². The van der Waals surface area contributed by atoms with E-state index in [0.29, 0.717) is 56.2 Å². The third kappa shape index (κ3) is 5.71. The molecular weight excluding hydrogens is 426 g/mol. The molecule has 4 rings (SSSR count). The van der Waals surface area contributed by atoms with E-state index in [1.165, 1.54) is 0 Å². The van der Waals surface area contributed by atoms with Crippen molar-refractivity contribution in [1.82, 2.24) is 15.2 Å². The highest BCUT2D eigenvalue weighted by Gasteiger charge is 2.33. The summed E-state index contributed by atoms with van der Waals surface area (Å²) < 4.78 is 16.5. The smallest absolute Gasteiger partial charge is 0.408 e. The van der Waals surface area contributed by atoms with Crippen molar-refractivity contribution in [3.05, 3.63) is 30.2 Å². The first-order valence-electron chi connectivity index (χ1n) is 11.8. The van der Waals surface area contributed by atoms with E-state index in [2.05, 4.69) is 10.3 Å². The molecule has 2 amide bonds. The Kier molecular flexibility index (Phi) is 7.59. The van der Waals surface area contributed by atoms with Gasteiger partial charge in [-0.2, -0.15) is 0 Å². The Balaban J connectivity index is 1.41. The van der Waals surface area contributed by atoms with Gasteiger partial charge in [0.1, 0.15) is 11.6 Å². The lowest BCUT2D eigenvalue weighted by atomic mass is 9.99. The molecule has 1 aliphatic carbocycles. The number of oxazole rings is 1. The zero-order valence-electron chi connectivity index (χ0n) is 19.0. The molecule has 1 saturated carbocycles. The van der Waals surface area contributed by atoms with Crippen LogP contribution in [-0.2, 0) is 14.3 Å². The van der Waals surface area contributed by atoms with Gasteiger partial charge in [0.25, 0.3) is 11.8 Å². The molecule has 0 radical (unpaired) electrons. The number of para-hydroxylation sites is 2. The molecular formula is C24H31N3O6. The average Bonchev–Trinajstić information content (AvgIpc) is 3.51. The largest absolute Gasteiger partial charge is 0.436 e. The number of ether oxygens (including phenoxy) is 2. The standard InChI is InChI=1S/C24H31N3O6/c1-2-17(21(28)22-25-18-9-5-6-10-19(18)32-22)26-24(30)33-20(15-16-7-3-4-8-16)23(29)27-11-13-31-14-12-27/h5-6,9-10,16-17,20H,2-4,7-8,11-15H2,1H3,(H,26,30)/t17-,20-/m0/s1. The number of amides is 2. The molecule has 9 heteroatoms. The fraction of sp³-hybridized carbons (Fsp3) is 0.583. The van der Waals surface area contributed by atoms with Crippen molar-refractivity contribution < 1.29 is 28.3 Å². The van der Waals surface area contributed by atoms with E-state index in [0.717, 1.165) is 25.7 Å². The fourth-order valence-electron chi connectivity index (χ4n) is 4.52. The topological polar surface area (TPSA) is 111 Å². The third-order valence-corrected chi connectivity index (χ3v) is 6.39. The van der Waals surface area contributed by atoms with Gasteiger partial charge in [-0.1, -0.05) is 44.7 Å². The van der Waals surface area contributed by atoms with Crippen molar-refractivity contribution in [2.24, 2.45) is 5.92 Å². The van der Waals surface area contributed by atoms with Gasteiger partial charge >= 0.3 is 6.09 Å². The summed E-state index contributed by atoms with van der Waals surface area (Å²) in [5.74, 6) is -0.331. The molecule has 33 heavy (non-hydrogen) atoms. The van der Waals surface area contributed by atoms with E-state index in [1.54, 1.807) is 30.0 Å². The number of ketones is 1. The molecule has 9 nitrogen and oxygen atoms in total. The number of aromatic nitrogens is 1. The Morgan fingerprint density at radius 2 is 1.91 bits per heavy atom. The molecule has 0 spiro atoms. The summed E-state index contributed by atoms with van der Waals surface area (Å²) in [6, 6.07) is 6.22. The highest BCUT2D eigenvalue weighted by molar-refractivity contribution is 5.99. The summed E-state index contributed by atoms with van der Waals surface area (Å²) in [5.41, 5.74) is 1.08. The molecule has 0 unspecified atom stereocenters. The highest BCUT2D eigenvalue weighted by Crippen LogP contribution is 2.30. The lowest BCUT2D eigenvalue weighted by Crippen LogP contribution is -2.49. The van der Waals surface area contributed by atoms with E-state index in [4.69, 9.17) is 13.9 Å². The molecule has 1 aliphatic heterocycles. The number of hydrogen-bond donors (Lipinski definition) is 1. The maximum atomic E-state index is 13.1. The number of hydrogen-bond acceptors (Lipinski definition) is 7. The Labute approximate surface area is 192 Å². The summed E-state index contributed by atoms with van der Waals surface area (Å²) in [4.78, 5) is 44.7. The minimum Gasteiger partial charge on any atom is -0.436 e. The molecule has 0 bridgehead atoms. The number of rotatable bonds is 8. The predicted octanol–water partition coefficient (Wildman–Crippen LogP) is 3.32. The monoisotopic (exact) mass is 457 g/mol. The van der Waals surface area contributed by atoms with Crippen molar-refractivity contribution in [1.29, 1.82) is 0 Å². The van der Waals surface area contributed by atoms with Gasteiger partial charge in [0.05, 0.1) is 13.2 Å². The van der Waals surface area contributed by atoms with E-state index in [9.17, 15) is 14.4 Å². The second kappa shape index (κ2) is 10.8. The zero-order chi connectivity index (χ0) is 23.2. The van der Waals surface area contributed by atoms with Crippen LogP contribution in [0, 0.1) is 5.92 Å². The van der Waals surface area contributed by atoms with Gasteiger partial charge in [-0.05, 0) is 30.9 Å². The maximum Gasteiger partial charge on any atom is 0.408 e. The normalized spacial score (nSPS) is 18.8. The fourth-order valence-corrected chi connectivity index (χ4v) is 4.52. The quantitative estimate of drug-likeness (QED) is 0.605. The second-order valence-electron chi connectivity index (χ2n) is 8.67. The molecule has 1 saturated heterocycles. The van der Waals surface area contributed by atoms with Crippen LogP contribution in [0.5, 0.6) is 0 Å². The van der Waals surface area contributed by atoms with E-state index >= 15 is 0 Å². The number of alkyl carbamates (subject to hydrolysis) is 1. The number of carbonyl (C=O) groups is 3. The molecule has 1 N–H and O–H groups in total. The minimum atomic E-state index is -0.872. The van der Waals surface area contributed by atoms with Crippen LogP contribution < -0.4 is 5.32 Å². The van der Waals surface area contributed by atoms with Gasteiger partial charge in [0.2, 0.25) is 5.78 Å². The van der Waals surface area contributed by atoms with Crippen LogP contribution >= 0.6 is 0 Å². The molecule has 2 heterocycles. The molecule has 2 aliphatic rings. The Morgan fingerprint density at radius 3 is 2.61 bits per heavy atom. The van der Waals surface area contributed by atoms with Gasteiger partial charge in [0.15, 0.2) is 11.7 Å². The van der Waals surface area contributed by atoms with Gasteiger partial charge in [0, 0.05) is 13.1 Å². The number of benzene rings is 1. The number of carbonyl (C=O) groups excluding carboxylic acids is 3. The Hall–Kier alpha value is -2.94. The molecule has 1 aromatic heterocycles. The van der Waals surface area contributed by atoms with Crippen LogP contribution in [0.4, 0.5) is 4.79 Å². The van der Waals surface area contributed by atoms with Crippen molar-refractivity contribution in [3.63, 3.8) is 0 Å². The van der Waals surface area contributed by atoms with Crippen LogP contribution in [0.3, 0.4) is 0 Å². The lowest BCUT2D eigenvalue weighted by molar-refractivity contribution is -0.145. The number of morpholine rings is 1. The Morgan fingerprint density at radius 1 is 1.18 bits per heavy atom. The SMILES string of the molecule is CC[C@H](NC(=O)O[C@@H](CC1CCCC1)C(=O)N1CCOCC1)C(=O)c1nc2ccccc2o1. The molecule has 2 atom stereocenters. The first-order chi connectivity index (χ1) is 16.0. The third-order valence-electron chi connectivity index (χ3n) is 6.39. The summed E-state index contributed by atoms with van der Waals surface area (Å²) in [6.07, 6.45) is 3.51. The van der Waals surface area contributed by atoms with Crippen molar-refractivity contribution in [2.45, 2.75) is 57.6 Å². The first-order valence-corrected chi connectivity index (χ1v) is 11.8. The summed E-state index contributed by atoms with van der Waals surface area (Å²) in [7, 11) is 0. The molecule has 178 valence electrons. The number of fused-ring (bicyclic) bond motifs is 1. The van der Waals surface area contributed by atoms with Gasteiger partial charge in [-0.3, -0.25) is 9.59 Å².